The molecule has 0 saturated heterocycles. The third kappa shape index (κ3) is 2.02. The molecule has 0 aliphatic rings. The van der Waals surface area contributed by atoms with Crippen molar-refractivity contribution < 1.29 is 13.7 Å². The van der Waals surface area contributed by atoms with E-state index in [1.807, 2.05) is 0 Å². The first-order valence-electron chi connectivity index (χ1n) is 3.88. The quantitative estimate of drug-likeness (QED) is 0.594. The Bertz CT molecular complexity index is 369. The van der Waals surface area contributed by atoms with Crippen LogP contribution < -0.4 is 5.73 Å². The average Bonchev–Trinajstić information content (AvgIpc) is 2.10. The van der Waals surface area contributed by atoms with Gasteiger partial charge in [0.25, 0.3) is 0 Å². The molecule has 14 heavy (non-hydrogen) atoms. The van der Waals surface area contributed by atoms with Gasteiger partial charge in [-0.05, 0) is 24.6 Å². The number of nitro groups is 1. The molecule has 0 radical (unpaired) electrons. The summed E-state index contributed by atoms with van der Waals surface area (Å²) in [5, 5.41) is 10.2. The molecular weight excluding hydrogens is 194 g/mol. The van der Waals surface area contributed by atoms with Crippen LogP contribution in [0.3, 0.4) is 0 Å². The first kappa shape index (κ1) is 10.5. The summed E-state index contributed by atoms with van der Waals surface area (Å²) in [7, 11) is 0. The molecule has 0 aliphatic heterocycles. The Hall–Kier alpha value is -1.56. The van der Waals surface area contributed by atoms with E-state index >= 15 is 0 Å². The lowest BCUT2D eigenvalue weighted by Gasteiger charge is -2.01. The number of nitrogens with two attached hydrogens (primary N) is 1. The SMILES string of the molecule is NCCc1cc(F)c([N+](=O)[O-])cc1F. The summed E-state index contributed by atoms with van der Waals surface area (Å²) in [6.45, 7) is 0.161. The summed E-state index contributed by atoms with van der Waals surface area (Å²) in [5.41, 5.74) is 4.35. The predicted molar refractivity (Wildman–Crippen MR) is 45.8 cm³/mol. The molecule has 1 rings (SSSR count). The van der Waals surface area contributed by atoms with Crippen LogP contribution in [-0.4, -0.2) is 11.5 Å². The number of nitrogens with zero attached hydrogens (tertiary/aromatic N) is 1. The molecular formula is C8H8F2N2O2. The molecule has 2 N–H and O–H groups in total. The lowest BCUT2D eigenvalue weighted by Crippen LogP contribution is -2.06. The Morgan fingerprint density at radius 1 is 1.36 bits per heavy atom. The standard InChI is InChI=1S/C8H8F2N2O2/c9-6-4-8(12(13)14)7(10)3-5(6)1-2-11/h3-4H,1-2,11H2. The molecule has 1 aromatic rings. The largest absolute Gasteiger partial charge is 0.330 e. The second kappa shape index (κ2) is 4.10. The zero-order chi connectivity index (χ0) is 10.7. The first-order valence-corrected chi connectivity index (χ1v) is 3.88. The van der Waals surface area contributed by atoms with Crippen molar-refractivity contribution >= 4 is 5.69 Å². The van der Waals surface area contributed by atoms with Crippen LogP contribution in [0.25, 0.3) is 0 Å². The van der Waals surface area contributed by atoms with Crippen molar-refractivity contribution in [3.05, 3.63) is 39.4 Å². The van der Waals surface area contributed by atoms with Crippen LogP contribution in [-0.2, 0) is 6.42 Å². The van der Waals surface area contributed by atoms with Gasteiger partial charge in [-0.25, -0.2) is 4.39 Å². The smallest absolute Gasteiger partial charge is 0.307 e. The minimum Gasteiger partial charge on any atom is -0.330 e. The van der Waals surface area contributed by atoms with Gasteiger partial charge in [0.05, 0.1) is 11.0 Å². The summed E-state index contributed by atoms with van der Waals surface area (Å²) in [4.78, 5) is 9.25. The Morgan fingerprint density at radius 3 is 2.50 bits per heavy atom. The molecule has 0 atom stereocenters. The van der Waals surface area contributed by atoms with Crippen LogP contribution in [0.2, 0.25) is 0 Å². The van der Waals surface area contributed by atoms with Crippen molar-refractivity contribution in [2.45, 2.75) is 6.42 Å². The lowest BCUT2D eigenvalue weighted by atomic mass is 10.1. The first-order chi connectivity index (χ1) is 6.56. The molecule has 6 heteroatoms. The fourth-order valence-electron chi connectivity index (χ4n) is 1.06. The summed E-state index contributed by atoms with van der Waals surface area (Å²) >= 11 is 0. The van der Waals surface area contributed by atoms with Crippen molar-refractivity contribution in [3.8, 4) is 0 Å². The molecule has 1 aromatic carbocycles. The Balaban J connectivity index is 3.17. The molecule has 4 nitrogen and oxygen atoms in total. The van der Waals surface area contributed by atoms with Gasteiger partial charge in [0.1, 0.15) is 5.82 Å². The maximum absolute atomic E-state index is 13.1. The van der Waals surface area contributed by atoms with Crippen molar-refractivity contribution in [2.75, 3.05) is 6.54 Å². The van der Waals surface area contributed by atoms with E-state index in [-0.39, 0.29) is 18.5 Å². The van der Waals surface area contributed by atoms with E-state index in [0.717, 1.165) is 6.07 Å². The minimum absolute atomic E-state index is 0.0515. The number of rotatable bonds is 3. The Morgan fingerprint density at radius 2 is 2.00 bits per heavy atom. The fourth-order valence-corrected chi connectivity index (χ4v) is 1.06. The molecule has 0 aliphatic carbocycles. The van der Waals surface area contributed by atoms with Crippen LogP contribution in [0.5, 0.6) is 0 Å². The van der Waals surface area contributed by atoms with Gasteiger partial charge < -0.3 is 5.73 Å². The normalized spacial score (nSPS) is 10.2. The number of nitro benzene ring substituents is 1. The topological polar surface area (TPSA) is 69.2 Å². The predicted octanol–water partition coefficient (Wildman–Crippen LogP) is 1.37. The number of halogens is 2. The average molecular weight is 202 g/mol. The summed E-state index contributed by atoms with van der Waals surface area (Å²) in [6, 6.07) is 1.38. The zero-order valence-corrected chi connectivity index (χ0v) is 7.17. The van der Waals surface area contributed by atoms with Crippen LogP contribution >= 0.6 is 0 Å². The van der Waals surface area contributed by atoms with Gasteiger partial charge >= 0.3 is 5.69 Å². The van der Waals surface area contributed by atoms with E-state index in [9.17, 15) is 18.9 Å². The van der Waals surface area contributed by atoms with E-state index in [2.05, 4.69) is 0 Å². The maximum Gasteiger partial charge on any atom is 0.307 e. The third-order valence-corrected chi connectivity index (χ3v) is 1.73. The van der Waals surface area contributed by atoms with Gasteiger partial charge in [-0.3, -0.25) is 10.1 Å². The highest BCUT2D eigenvalue weighted by Crippen LogP contribution is 2.21. The van der Waals surface area contributed by atoms with E-state index in [1.54, 1.807) is 0 Å². The minimum atomic E-state index is -1.04. The van der Waals surface area contributed by atoms with E-state index in [1.165, 1.54) is 0 Å². The monoisotopic (exact) mass is 202 g/mol. The molecule has 76 valence electrons. The van der Waals surface area contributed by atoms with Crippen LogP contribution in [0.1, 0.15) is 5.56 Å². The lowest BCUT2D eigenvalue weighted by molar-refractivity contribution is -0.387. The highest BCUT2D eigenvalue weighted by atomic mass is 19.1. The summed E-state index contributed by atoms with van der Waals surface area (Å²) in [6.07, 6.45) is 0.154. The van der Waals surface area contributed by atoms with Crippen molar-refractivity contribution in [1.82, 2.24) is 0 Å². The van der Waals surface area contributed by atoms with Crippen LogP contribution in [0, 0.1) is 21.7 Å². The summed E-state index contributed by atoms with van der Waals surface area (Å²) in [5.74, 6) is -1.84. The molecule has 0 saturated carbocycles. The number of benzene rings is 1. The highest BCUT2D eigenvalue weighted by molar-refractivity contribution is 5.36. The van der Waals surface area contributed by atoms with Crippen molar-refractivity contribution in [1.29, 1.82) is 0 Å². The van der Waals surface area contributed by atoms with E-state index < -0.39 is 22.2 Å². The van der Waals surface area contributed by atoms with Gasteiger partial charge in [0.2, 0.25) is 5.82 Å². The molecule has 0 bridgehead atoms. The molecule has 0 fully saturated rings. The molecule has 0 unspecified atom stereocenters. The number of hydrogen-bond acceptors (Lipinski definition) is 3. The van der Waals surface area contributed by atoms with Gasteiger partial charge in [-0.1, -0.05) is 0 Å². The molecule has 0 aromatic heterocycles. The summed E-state index contributed by atoms with van der Waals surface area (Å²) < 4.78 is 26.0. The zero-order valence-electron chi connectivity index (χ0n) is 7.17. The second-order valence-electron chi connectivity index (χ2n) is 2.69. The number of hydrogen-bond donors (Lipinski definition) is 1. The van der Waals surface area contributed by atoms with Gasteiger partial charge in [0, 0.05) is 0 Å². The van der Waals surface area contributed by atoms with E-state index in [4.69, 9.17) is 5.73 Å². The van der Waals surface area contributed by atoms with Crippen LogP contribution in [0.4, 0.5) is 14.5 Å². The van der Waals surface area contributed by atoms with Crippen molar-refractivity contribution in [3.63, 3.8) is 0 Å². The maximum atomic E-state index is 13.1. The molecule has 0 amide bonds. The Kier molecular flexibility index (Phi) is 3.08. The molecule has 0 spiro atoms. The van der Waals surface area contributed by atoms with Gasteiger partial charge in [-0.2, -0.15) is 4.39 Å². The van der Waals surface area contributed by atoms with E-state index in [0.29, 0.717) is 6.07 Å². The fraction of sp³-hybridized carbons (Fsp3) is 0.250. The second-order valence-corrected chi connectivity index (χ2v) is 2.69. The van der Waals surface area contributed by atoms with Crippen molar-refractivity contribution in [2.24, 2.45) is 5.73 Å². The third-order valence-electron chi connectivity index (χ3n) is 1.73. The van der Waals surface area contributed by atoms with Crippen LogP contribution in [0.15, 0.2) is 12.1 Å². The molecule has 0 heterocycles. The van der Waals surface area contributed by atoms with Gasteiger partial charge in [-0.15, -0.1) is 0 Å². The van der Waals surface area contributed by atoms with Gasteiger partial charge in [0.15, 0.2) is 0 Å². The highest BCUT2D eigenvalue weighted by Gasteiger charge is 2.17. The Labute approximate surface area is 78.5 Å².